The minimum atomic E-state index is -0.399. The van der Waals surface area contributed by atoms with Gasteiger partial charge in [-0.25, -0.2) is 0 Å². The minimum Gasteiger partial charge on any atom is -0.389 e. The van der Waals surface area contributed by atoms with Crippen molar-refractivity contribution in [1.29, 1.82) is 0 Å². The van der Waals surface area contributed by atoms with Gasteiger partial charge in [0.15, 0.2) is 0 Å². The zero-order chi connectivity index (χ0) is 13.5. The minimum absolute atomic E-state index is 0.0455. The fraction of sp³-hybridized carbons (Fsp3) is 1.00. The van der Waals surface area contributed by atoms with Gasteiger partial charge in [0, 0.05) is 26.2 Å². The van der Waals surface area contributed by atoms with E-state index < -0.39 is 6.10 Å². The van der Waals surface area contributed by atoms with Gasteiger partial charge in [-0.3, -0.25) is 4.90 Å². The van der Waals surface area contributed by atoms with Crippen LogP contribution in [0.3, 0.4) is 0 Å². The topological polar surface area (TPSA) is 41.9 Å². The molecule has 0 amide bonds. The second-order valence-corrected chi connectivity index (χ2v) is 5.83. The van der Waals surface area contributed by atoms with Crippen LogP contribution in [0.5, 0.6) is 0 Å². The highest BCUT2D eigenvalue weighted by Crippen LogP contribution is 2.27. The van der Waals surface area contributed by atoms with Crippen molar-refractivity contribution in [2.45, 2.75) is 51.9 Å². The quantitative estimate of drug-likeness (QED) is 0.646. The molecular formula is C14H29NO3. The Morgan fingerprint density at radius 1 is 1.17 bits per heavy atom. The van der Waals surface area contributed by atoms with Crippen molar-refractivity contribution in [3.8, 4) is 0 Å². The summed E-state index contributed by atoms with van der Waals surface area (Å²) in [5.74, 6) is 0.645. The van der Waals surface area contributed by atoms with Crippen LogP contribution in [-0.4, -0.2) is 61.7 Å². The largest absolute Gasteiger partial charge is 0.389 e. The molecule has 2 atom stereocenters. The number of hydrogen-bond donors (Lipinski definition) is 1. The average Bonchev–Trinajstić information content (AvgIpc) is 3.09. The summed E-state index contributed by atoms with van der Waals surface area (Å²) >= 11 is 0. The van der Waals surface area contributed by atoms with Crippen LogP contribution in [-0.2, 0) is 9.47 Å². The van der Waals surface area contributed by atoms with Crippen molar-refractivity contribution in [3.63, 3.8) is 0 Å². The molecule has 108 valence electrons. The highest BCUT2D eigenvalue weighted by Gasteiger charge is 2.30. The Balaban J connectivity index is 2.21. The first-order chi connectivity index (χ1) is 8.52. The second-order valence-electron chi connectivity index (χ2n) is 5.83. The van der Waals surface area contributed by atoms with Crippen molar-refractivity contribution in [3.05, 3.63) is 0 Å². The summed E-state index contributed by atoms with van der Waals surface area (Å²) in [6.07, 6.45) is 2.20. The van der Waals surface area contributed by atoms with Gasteiger partial charge in [0.1, 0.15) is 0 Å². The summed E-state index contributed by atoms with van der Waals surface area (Å²) in [5.41, 5.74) is 0. The van der Waals surface area contributed by atoms with Gasteiger partial charge in [-0.1, -0.05) is 13.8 Å². The van der Waals surface area contributed by atoms with E-state index in [0.717, 1.165) is 13.1 Å². The van der Waals surface area contributed by atoms with Crippen molar-refractivity contribution in [2.24, 2.45) is 5.92 Å². The van der Waals surface area contributed by atoms with Crippen LogP contribution in [0.2, 0.25) is 0 Å². The normalized spacial score (nSPS) is 19.5. The van der Waals surface area contributed by atoms with Gasteiger partial charge in [-0.15, -0.1) is 0 Å². The first-order valence-corrected chi connectivity index (χ1v) is 7.05. The molecule has 4 heteroatoms. The maximum atomic E-state index is 10.0. The SMILES string of the molecule is COCC(C)OCC(O)CN(CC(C)C)C1CC1. The van der Waals surface area contributed by atoms with Crippen LogP contribution >= 0.6 is 0 Å². The van der Waals surface area contributed by atoms with E-state index in [4.69, 9.17) is 9.47 Å². The van der Waals surface area contributed by atoms with Crippen LogP contribution in [0, 0.1) is 5.92 Å². The lowest BCUT2D eigenvalue weighted by Gasteiger charge is -2.27. The fourth-order valence-corrected chi connectivity index (χ4v) is 2.16. The molecule has 0 aromatic heterocycles. The average molecular weight is 259 g/mol. The van der Waals surface area contributed by atoms with E-state index in [1.54, 1.807) is 7.11 Å². The molecule has 2 unspecified atom stereocenters. The molecule has 0 aromatic rings. The summed E-state index contributed by atoms with van der Waals surface area (Å²) < 4.78 is 10.5. The number of ether oxygens (including phenoxy) is 2. The third-order valence-electron chi connectivity index (χ3n) is 3.08. The molecule has 4 nitrogen and oxygen atoms in total. The molecule has 0 aliphatic heterocycles. The summed E-state index contributed by atoms with van der Waals surface area (Å²) in [5, 5.41) is 10.0. The van der Waals surface area contributed by atoms with E-state index in [0.29, 0.717) is 25.2 Å². The Morgan fingerprint density at radius 3 is 2.33 bits per heavy atom. The van der Waals surface area contributed by atoms with Crippen molar-refractivity contribution in [2.75, 3.05) is 33.4 Å². The number of methoxy groups -OCH3 is 1. The molecule has 0 spiro atoms. The number of rotatable bonds is 10. The summed E-state index contributed by atoms with van der Waals surface area (Å²) in [7, 11) is 1.66. The van der Waals surface area contributed by atoms with Crippen LogP contribution < -0.4 is 0 Å². The maximum absolute atomic E-state index is 10.0. The molecule has 0 heterocycles. The number of nitrogens with zero attached hydrogens (tertiary/aromatic N) is 1. The van der Waals surface area contributed by atoms with Crippen LogP contribution in [0.1, 0.15) is 33.6 Å². The lowest BCUT2D eigenvalue weighted by Crippen LogP contribution is -2.39. The Morgan fingerprint density at radius 2 is 1.83 bits per heavy atom. The van der Waals surface area contributed by atoms with Gasteiger partial charge >= 0.3 is 0 Å². The zero-order valence-corrected chi connectivity index (χ0v) is 12.3. The molecule has 1 fully saturated rings. The molecule has 1 aliphatic rings. The van der Waals surface area contributed by atoms with Gasteiger partial charge in [0.05, 0.1) is 25.4 Å². The Bertz CT molecular complexity index is 219. The van der Waals surface area contributed by atoms with Gasteiger partial charge in [0.25, 0.3) is 0 Å². The molecule has 18 heavy (non-hydrogen) atoms. The van der Waals surface area contributed by atoms with Crippen molar-refractivity contribution >= 4 is 0 Å². The Kier molecular flexibility index (Phi) is 7.15. The Hall–Kier alpha value is -0.160. The first-order valence-electron chi connectivity index (χ1n) is 7.05. The zero-order valence-electron chi connectivity index (χ0n) is 12.3. The number of hydrogen-bond acceptors (Lipinski definition) is 4. The smallest absolute Gasteiger partial charge is 0.0900 e. The molecule has 0 radical (unpaired) electrons. The summed E-state index contributed by atoms with van der Waals surface area (Å²) in [4.78, 5) is 2.40. The van der Waals surface area contributed by atoms with Crippen LogP contribution in [0.25, 0.3) is 0 Å². The first kappa shape index (κ1) is 15.9. The second kappa shape index (κ2) is 8.10. The van der Waals surface area contributed by atoms with E-state index in [2.05, 4.69) is 18.7 Å². The van der Waals surface area contributed by atoms with Crippen LogP contribution in [0.15, 0.2) is 0 Å². The molecule has 0 bridgehead atoms. The summed E-state index contributed by atoms with van der Waals surface area (Å²) in [6, 6.07) is 0.693. The predicted molar refractivity (Wildman–Crippen MR) is 72.7 cm³/mol. The molecular weight excluding hydrogens is 230 g/mol. The molecule has 1 N–H and O–H groups in total. The monoisotopic (exact) mass is 259 g/mol. The van der Waals surface area contributed by atoms with E-state index in [-0.39, 0.29) is 6.10 Å². The van der Waals surface area contributed by atoms with Gasteiger partial charge in [-0.05, 0) is 25.7 Å². The van der Waals surface area contributed by atoms with Gasteiger partial charge in [-0.2, -0.15) is 0 Å². The maximum Gasteiger partial charge on any atom is 0.0900 e. The standard InChI is InChI=1S/C14H29NO3/c1-11(2)7-15(13-5-6-13)8-14(16)10-18-12(3)9-17-4/h11-14,16H,5-10H2,1-4H3. The van der Waals surface area contributed by atoms with Gasteiger partial charge in [0.2, 0.25) is 0 Å². The van der Waals surface area contributed by atoms with Gasteiger partial charge < -0.3 is 14.6 Å². The van der Waals surface area contributed by atoms with E-state index in [9.17, 15) is 5.11 Å². The van der Waals surface area contributed by atoms with Crippen molar-refractivity contribution < 1.29 is 14.6 Å². The van der Waals surface area contributed by atoms with E-state index in [1.807, 2.05) is 6.92 Å². The third-order valence-corrected chi connectivity index (χ3v) is 3.08. The molecule has 1 saturated carbocycles. The van der Waals surface area contributed by atoms with Crippen molar-refractivity contribution in [1.82, 2.24) is 4.90 Å². The van der Waals surface area contributed by atoms with Crippen LogP contribution in [0.4, 0.5) is 0 Å². The number of aliphatic hydroxyl groups is 1. The predicted octanol–water partition coefficient (Wildman–Crippen LogP) is 1.52. The van der Waals surface area contributed by atoms with E-state index >= 15 is 0 Å². The lowest BCUT2D eigenvalue weighted by atomic mass is 10.2. The third kappa shape index (κ3) is 6.69. The highest BCUT2D eigenvalue weighted by atomic mass is 16.5. The lowest BCUT2D eigenvalue weighted by molar-refractivity contribution is -0.0410. The molecule has 1 aliphatic carbocycles. The number of aliphatic hydroxyl groups excluding tert-OH is 1. The Labute approximate surface area is 111 Å². The fourth-order valence-electron chi connectivity index (χ4n) is 2.16. The molecule has 1 rings (SSSR count). The summed E-state index contributed by atoms with van der Waals surface area (Å²) in [6.45, 7) is 9.16. The molecule has 0 saturated heterocycles. The van der Waals surface area contributed by atoms with E-state index in [1.165, 1.54) is 12.8 Å². The molecule has 0 aromatic carbocycles. The highest BCUT2D eigenvalue weighted by molar-refractivity contribution is 4.86.